The van der Waals surface area contributed by atoms with Gasteiger partial charge in [-0.15, -0.1) is 17.9 Å². The number of carbonyl (C=O) groups excluding carboxylic acids is 1. The number of amides is 1. The quantitative estimate of drug-likeness (QED) is 0.739. The van der Waals surface area contributed by atoms with Crippen LogP contribution in [-0.4, -0.2) is 10.9 Å². The Morgan fingerprint density at radius 3 is 3.15 bits per heavy atom. The van der Waals surface area contributed by atoms with Crippen molar-refractivity contribution in [3.8, 4) is 11.3 Å². The fourth-order valence-electron chi connectivity index (χ4n) is 2.40. The zero-order valence-electron chi connectivity index (χ0n) is 11.3. The van der Waals surface area contributed by atoms with E-state index >= 15 is 0 Å². The van der Waals surface area contributed by atoms with Crippen LogP contribution in [0.4, 0.5) is 5.13 Å². The number of hydrogen-bond acceptors (Lipinski definition) is 3. The van der Waals surface area contributed by atoms with Crippen LogP contribution in [0.25, 0.3) is 11.3 Å². The van der Waals surface area contributed by atoms with E-state index in [0.29, 0.717) is 11.6 Å². The molecule has 0 fully saturated rings. The summed E-state index contributed by atoms with van der Waals surface area (Å²) in [6.07, 6.45) is 3.36. The Bertz CT molecular complexity index is 675. The summed E-state index contributed by atoms with van der Waals surface area (Å²) < 4.78 is 0. The van der Waals surface area contributed by atoms with Crippen LogP contribution in [0.15, 0.2) is 36.9 Å². The van der Waals surface area contributed by atoms with Crippen molar-refractivity contribution < 1.29 is 4.79 Å². The van der Waals surface area contributed by atoms with Gasteiger partial charge in [0.1, 0.15) is 0 Å². The molecule has 0 radical (unpaired) electrons. The Morgan fingerprint density at radius 2 is 2.35 bits per heavy atom. The van der Waals surface area contributed by atoms with E-state index in [1.807, 2.05) is 13.0 Å². The molecule has 0 aliphatic heterocycles. The number of anilines is 1. The molecular formula is C16H16N2OS. The second-order valence-corrected chi connectivity index (χ2v) is 6.12. The topological polar surface area (TPSA) is 42.0 Å². The minimum Gasteiger partial charge on any atom is -0.302 e. The third kappa shape index (κ3) is 2.27. The lowest BCUT2D eigenvalue weighted by molar-refractivity contribution is -0.119. The first kappa shape index (κ1) is 13.1. The van der Waals surface area contributed by atoms with Crippen LogP contribution < -0.4 is 5.32 Å². The third-order valence-electron chi connectivity index (χ3n) is 3.52. The molecule has 1 N–H and O–H groups in total. The summed E-state index contributed by atoms with van der Waals surface area (Å²) in [5, 5.41) is 3.61. The Kier molecular flexibility index (Phi) is 3.40. The molecule has 1 heterocycles. The minimum absolute atomic E-state index is 0.00519. The first-order valence-corrected chi connectivity index (χ1v) is 7.50. The zero-order valence-corrected chi connectivity index (χ0v) is 12.2. The first-order valence-electron chi connectivity index (χ1n) is 6.68. The van der Waals surface area contributed by atoms with Crippen molar-refractivity contribution in [1.29, 1.82) is 0 Å². The van der Waals surface area contributed by atoms with Gasteiger partial charge in [0.25, 0.3) is 0 Å². The normalized spacial score (nSPS) is 13.4. The van der Waals surface area contributed by atoms with Crippen LogP contribution in [0.1, 0.15) is 23.8 Å². The van der Waals surface area contributed by atoms with Crippen molar-refractivity contribution in [3.05, 3.63) is 47.4 Å². The number of hydrogen-bond donors (Lipinski definition) is 1. The number of nitrogens with one attached hydrogen (secondary N) is 1. The molecule has 20 heavy (non-hydrogen) atoms. The van der Waals surface area contributed by atoms with Crippen molar-refractivity contribution in [2.45, 2.75) is 19.8 Å². The van der Waals surface area contributed by atoms with Gasteiger partial charge in [0.15, 0.2) is 5.13 Å². The number of benzene rings is 1. The fourth-order valence-corrected chi connectivity index (χ4v) is 3.40. The van der Waals surface area contributed by atoms with Crippen molar-refractivity contribution in [2.24, 2.45) is 5.92 Å². The van der Waals surface area contributed by atoms with Crippen LogP contribution in [0.5, 0.6) is 0 Å². The minimum atomic E-state index is -0.0708. The summed E-state index contributed by atoms with van der Waals surface area (Å²) in [6.45, 7) is 5.56. The number of fused-ring (bicyclic) bond motifs is 3. The van der Waals surface area contributed by atoms with Crippen molar-refractivity contribution in [3.63, 3.8) is 0 Å². The number of allylic oxidation sites excluding steroid dienone is 1. The molecule has 4 heteroatoms. The summed E-state index contributed by atoms with van der Waals surface area (Å²) in [5.41, 5.74) is 3.54. The fraction of sp³-hybridized carbons (Fsp3) is 0.250. The third-order valence-corrected chi connectivity index (χ3v) is 4.49. The lowest BCUT2D eigenvalue weighted by atomic mass is 10.1. The van der Waals surface area contributed by atoms with Gasteiger partial charge in [0, 0.05) is 22.8 Å². The van der Waals surface area contributed by atoms with Gasteiger partial charge in [-0.05, 0) is 12.0 Å². The summed E-state index contributed by atoms with van der Waals surface area (Å²) >= 11 is 1.57. The monoisotopic (exact) mass is 284 g/mol. The van der Waals surface area contributed by atoms with E-state index in [1.165, 1.54) is 16.0 Å². The Hall–Kier alpha value is -1.94. The van der Waals surface area contributed by atoms with E-state index in [-0.39, 0.29) is 11.8 Å². The number of nitrogens with zero attached hydrogens (tertiary/aromatic N) is 1. The van der Waals surface area contributed by atoms with Crippen molar-refractivity contribution in [1.82, 2.24) is 4.98 Å². The zero-order chi connectivity index (χ0) is 14.1. The van der Waals surface area contributed by atoms with E-state index in [2.05, 4.69) is 35.1 Å². The molecule has 3 rings (SSSR count). The smallest absolute Gasteiger partial charge is 0.229 e. The molecule has 1 aliphatic rings. The van der Waals surface area contributed by atoms with Gasteiger partial charge in [-0.1, -0.05) is 37.3 Å². The van der Waals surface area contributed by atoms with Crippen LogP contribution >= 0.6 is 11.3 Å². The molecule has 1 aromatic heterocycles. The highest BCUT2D eigenvalue weighted by molar-refractivity contribution is 7.16. The second kappa shape index (κ2) is 5.21. The number of rotatable bonds is 4. The highest BCUT2D eigenvalue weighted by Crippen LogP contribution is 2.40. The molecule has 3 nitrogen and oxygen atoms in total. The maximum Gasteiger partial charge on any atom is 0.229 e. The standard InChI is InChI=1S/C16H16N2OS/c1-3-6-10(2)15(19)18-16-17-14-12-8-5-4-7-11(12)9-13(14)20-16/h3-5,7-8,10H,1,6,9H2,2H3,(H,17,18,19). The van der Waals surface area contributed by atoms with Gasteiger partial charge in [0.05, 0.1) is 5.69 Å². The molecule has 1 unspecified atom stereocenters. The average molecular weight is 284 g/mol. The second-order valence-electron chi connectivity index (χ2n) is 5.04. The molecule has 0 saturated heterocycles. The first-order chi connectivity index (χ1) is 9.69. The molecule has 1 aliphatic carbocycles. The van der Waals surface area contributed by atoms with Crippen LogP contribution in [-0.2, 0) is 11.2 Å². The maximum absolute atomic E-state index is 12.0. The highest BCUT2D eigenvalue weighted by atomic mass is 32.1. The Balaban J connectivity index is 1.80. The summed E-state index contributed by atoms with van der Waals surface area (Å²) in [6, 6.07) is 8.30. The molecule has 1 aromatic carbocycles. The SMILES string of the molecule is C=CCC(C)C(=O)Nc1nc2c(s1)Cc1ccccc1-2. The van der Waals surface area contributed by atoms with Gasteiger partial charge in [0.2, 0.25) is 5.91 Å². The van der Waals surface area contributed by atoms with E-state index in [9.17, 15) is 4.79 Å². The van der Waals surface area contributed by atoms with E-state index in [1.54, 1.807) is 17.4 Å². The maximum atomic E-state index is 12.0. The van der Waals surface area contributed by atoms with Crippen molar-refractivity contribution in [2.75, 3.05) is 5.32 Å². The van der Waals surface area contributed by atoms with Gasteiger partial charge >= 0.3 is 0 Å². The van der Waals surface area contributed by atoms with Crippen molar-refractivity contribution >= 4 is 22.4 Å². The molecule has 2 aromatic rings. The Morgan fingerprint density at radius 1 is 1.55 bits per heavy atom. The van der Waals surface area contributed by atoms with Crippen LogP contribution in [0.3, 0.4) is 0 Å². The summed E-state index contributed by atoms with van der Waals surface area (Å²) in [5.74, 6) is -0.0656. The number of thiazole rings is 1. The predicted molar refractivity (Wildman–Crippen MR) is 83.0 cm³/mol. The lowest BCUT2D eigenvalue weighted by Gasteiger charge is -2.07. The largest absolute Gasteiger partial charge is 0.302 e. The van der Waals surface area contributed by atoms with E-state index in [0.717, 1.165) is 12.1 Å². The average Bonchev–Trinajstić information content (AvgIpc) is 2.96. The van der Waals surface area contributed by atoms with E-state index < -0.39 is 0 Å². The van der Waals surface area contributed by atoms with Crippen LogP contribution in [0.2, 0.25) is 0 Å². The molecule has 102 valence electrons. The number of aromatic nitrogens is 1. The summed E-state index contributed by atoms with van der Waals surface area (Å²) in [4.78, 5) is 17.8. The van der Waals surface area contributed by atoms with Gasteiger partial charge < -0.3 is 5.32 Å². The van der Waals surface area contributed by atoms with Gasteiger partial charge in [-0.2, -0.15) is 0 Å². The molecule has 0 saturated carbocycles. The van der Waals surface area contributed by atoms with Gasteiger partial charge in [-0.3, -0.25) is 4.79 Å². The number of carbonyl (C=O) groups is 1. The van der Waals surface area contributed by atoms with E-state index in [4.69, 9.17) is 0 Å². The summed E-state index contributed by atoms with van der Waals surface area (Å²) in [7, 11) is 0. The molecule has 1 amide bonds. The van der Waals surface area contributed by atoms with Crippen LogP contribution in [0, 0.1) is 5.92 Å². The highest BCUT2D eigenvalue weighted by Gasteiger charge is 2.23. The molecule has 1 atom stereocenters. The molecular weight excluding hydrogens is 268 g/mol. The Labute approximate surface area is 122 Å². The van der Waals surface area contributed by atoms with Gasteiger partial charge in [-0.25, -0.2) is 4.98 Å². The lowest BCUT2D eigenvalue weighted by Crippen LogP contribution is -2.19. The molecule has 0 bridgehead atoms. The molecule has 0 spiro atoms. The predicted octanol–water partition coefficient (Wildman–Crippen LogP) is 3.87.